The van der Waals surface area contributed by atoms with Crippen molar-refractivity contribution in [1.29, 1.82) is 0 Å². The minimum Gasteiger partial charge on any atom is -0.459 e. The highest BCUT2D eigenvalue weighted by molar-refractivity contribution is 7.89. The Hall–Kier alpha value is -2.59. The first-order valence-corrected chi connectivity index (χ1v) is 9.71. The Balaban J connectivity index is 1.48. The maximum atomic E-state index is 13.9. The molecule has 142 valence electrons. The number of sulfonamides is 1. The summed E-state index contributed by atoms with van der Waals surface area (Å²) < 4.78 is 64.4. The number of halogens is 2. The number of aromatic nitrogens is 2. The molecule has 1 aromatic carbocycles. The van der Waals surface area contributed by atoms with Crippen LogP contribution in [0.4, 0.5) is 8.78 Å². The number of hydrogen-bond acceptors (Lipinski definition) is 6. The third kappa shape index (κ3) is 3.37. The Labute approximate surface area is 153 Å². The molecule has 2 aromatic heterocycles. The van der Waals surface area contributed by atoms with Crippen LogP contribution in [0.15, 0.2) is 50.3 Å². The number of rotatable bonds is 4. The van der Waals surface area contributed by atoms with Crippen LogP contribution >= 0.6 is 0 Å². The maximum absolute atomic E-state index is 13.9. The summed E-state index contributed by atoms with van der Waals surface area (Å²) in [6, 6.07) is 5.79. The lowest BCUT2D eigenvalue weighted by atomic mass is 9.98. The number of hydrogen-bond donors (Lipinski definition) is 0. The Morgan fingerprint density at radius 1 is 1.11 bits per heavy atom. The fourth-order valence-corrected chi connectivity index (χ4v) is 4.60. The minimum absolute atomic E-state index is 0.120. The molecule has 0 radical (unpaired) electrons. The van der Waals surface area contributed by atoms with Crippen molar-refractivity contribution in [3.63, 3.8) is 0 Å². The molecule has 0 spiro atoms. The average Bonchev–Trinajstić information content (AvgIpc) is 3.35. The molecule has 10 heteroatoms. The summed E-state index contributed by atoms with van der Waals surface area (Å²) in [5.74, 6) is -0.790. The van der Waals surface area contributed by atoms with Crippen LogP contribution in [0.5, 0.6) is 0 Å². The van der Waals surface area contributed by atoms with E-state index in [1.807, 2.05) is 0 Å². The summed E-state index contributed by atoms with van der Waals surface area (Å²) in [7, 11) is -4.11. The van der Waals surface area contributed by atoms with Gasteiger partial charge in [0.15, 0.2) is 5.76 Å². The summed E-state index contributed by atoms with van der Waals surface area (Å²) >= 11 is 0. The highest BCUT2D eigenvalue weighted by atomic mass is 32.2. The van der Waals surface area contributed by atoms with Gasteiger partial charge in [-0.15, -0.1) is 10.2 Å². The maximum Gasteiger partial charge on any atom is 0.283 e. The summed E-state index contributed by atoms with van der Waals surface area (Å²) in [5.41, 5.74) is 0. The van der Waals surface area contributed by atoms with Gasteiger partial charge < -0.3 is 8.83 Å². The number of nitrogens with zero attached hydrogens (tertiary/aromatic N) is 3. The van der Waals surface area contributed by atoms with Gasteiger partial charge >= 0.3 is 0 Å². The Bertz CT molecular complexity index is 1040. The van der Waals surface area contributed by atoms with E-state index in [1.165, 1.54) is 6.26 Å². The van der Waals surface area contributed by atoms with Crippen LogP contribution in [-0.4, -0.2) is 36.0 Å². The normalized spacial score (nSPS) is 16.7. The van der Waals surface area contributed by atoms with Gasteiger partial charge in [0.2, 0.25) is 15.9 Å². The average molecular weight is 395 g/mol. The van der Waals surface area contributed by atoms with Crippen molar-refractivity contribution in [2.45, 2.75) is 23.7 Å². The van der Waals surface area contributed by atoms with Gasteiger partial charge in [0, 0.05) is 19.0 Å². The van der Waals surface area contributed by atoms with Gasteiger partial charge in [0.25, 0.3) is 5.89 Å². The second-order valence-electron chi connectivity index (χ2n) is 6.18. The van der Waals surface area contributed by atoms with E-state index in [0.29, 0.717) is 30.6 Å². The Morgan fingerprint density at radius 3 is 2.59 bits per heavy atom. The molecule has 27 heavy (non-hydrogen) atoms. The van der Waals surface area contributed by atoms with Crippen LogP contribution < -0.4 is 0 Å². The first kappa shape index (κ1) is 17.8. The van der Waals surface area contributed by atoms with E-state index in [9.17, 15) is 17.2 Å². The van der Waals surface area contributed by atoms with Gasteiger partial charge in [-0.2, -0.15) is 4.31 Å². The van der Waals surface area contributed by atoms with E-state index in [4.69, 9.17) is 8.83 Å². The first-order valence-electron chi connectivity index (χ1n) is 8.27. The van der Waals surface area contributed by atoms with Gasteiger partial charge in [-0.1, -0.05) is 0 Å². The van der Waals surface area contributed by atoms with Crippen molar-refractivity contribution in [3.8, 4) is 11.7 Å². The van der Waals surface area contributed by atoms with Crippen molar-refractivity contribution in [2.24, 2.45) is 0 Å². The third-order valence-electron chi connectivity index (χ3n) is 4.49. The quantitative estimate of drug-likeness (QED) is 0.674. The SMILES string of the molecule is O=S(=O)(c1cc(F)ccc1F)N1CCC(c2nnc(-c3ccco3)o2)CC1. The van der Waals surface area contributed by atoms with Gasteiger partial charge in [-0.3, -0.25) is 0 Å². The number of benzene rings is 1. The molecule has 0 aliphatic carbocycles. The second kappa shape index (κ2) is 6.86. The van der Waals surface area contributed by atoms with Crippen molar-refractivity contribution >= 4 is 10.0 Å². The predicted octanol–water partition coefficient (Wildman–Crippen LogP) is 3.18. The lowest BCUT2D eigenvalue weighted by Crippen LogP contribution is -2.38. The molecule has 0 bridgehead atoms. The van der Waals surface area contributed by atoms with E-state index < -0.39 is 26.6 Å². The van der Waals surface area contributed by atoms with E-state index >= 15 is 0 Å². The predicted molar refractivity (Wildman–Crippen MR) is 89.1 cm³/mol. The zero-order valence-corrected chi connectivity index (χ0v) is 14.8. The lowest BCUT2D eigenvalue weighted by molar-refractivity contribution is 0.290. The molecule has 0 unspecified atom stereocenters. The largest absolute Gasteiger partial charge is 0.459 e. The highest BCUT2D eigenvalue weighted by Gasteiger charge is 2.34. The molecule has 3 aromatic rings. The van der Waals surface area contributed by atoms with Crippen molar-refractivity contribution in [3.05, 3.63) is 54.1 Å². The van der Waals surface area contributed by atoms with Crippen molar-refractivity contribution < 1.29 is 26.0 Å². The molecule has 0 amide bonds. The molecular weight excluding hydrogens is 380 g/mol. The smallest absolute Gasteiger partial charge is 0.283 e. The van der Waals surface area contributed by atoms with Crippen LogP contribution in [0.2, 0.25) is 0 Å². The van der Waals surface area contributed by atoms with E-state index in [0.717, 1.165) is 16.4 Å². The van der Waals surface area contributed by atoms with Gasteiger partial charge in [0.05, 0.1) is 6.26 Å². The summed E-state index contributed by atoms with van der Waals surface area (Å²) in [4.78, 5) is -0.654. The van der Waals surface area contributed by atoms with Gasteiger partial charge in [0.1, 0.15) is 16.5 Å². The summed E-state index contributed by atoms with van der Waals surface area (Å²) in [6.45, 7) is 0.281. The molecular formula is C17H15F2N3O4S. The van der Waals surface area contributed by atoms with Crippen LogP contribution in [0.3, 0.4) is 0 Å². The standard InChI is InChI=1S/C17H15F2N3O4S/c18-12-3-4-13(19)15(10-12)27(23,24)22-7-5-11(6-8-22)16-20-21-17(26-16)14-2-1-9-25-14/h1-4,9-11H,5-8H2. The third-order valence-corrected chi connectivity index (χ3v) is 6.40. The molecule has 1 fully saturated rings. The highest BCUT2D eigenvalue weighted by Crippen LogP contribution is 2.32. The zero-order valence-electron chi connectivity index (χ0n) is 14.0. The summed E-state index contributed by atoms with van der Waals surface area (Å²) in [5, 5.41) is 7.95. The molecule has 7 nitrogen and oxygen atoms in total. The zero-order chi connectivity index (χ0) is 19.0. The Morgan fingerprint density at radius 2 is 1.89 bits per heavy atom. The second-order valence-corrected chi connectivity index (χ2v) is 8.08. The number of piperidine rings is 1. The van der Waals surface area contributed by atoms with Crippen LogP contribution in [0, 0.1) is 11.6 Å². The molecule has 1 aliphatic rings. The fraction of sp³-hybridized carbons (Fsp3) is 0.294. The molecule has 1 saturated heterocycles. The first-order chi connectivity index (χ1) is 12.9. The van der Waals surface area contributed by atoms with E-state index in [1.54, 1.807) is 12.1 Å². The van der Waals surface area contributed by atoms with Crippen molar-refractivity contribution in [2.75, 3.05) is 13.1 Å². The molecule has 0 N–H and O–H groups in total. The topological polar surface area (TPSA) is 89.4 Å². The van der Waals surface area contributed by atoms with Gasteiger partial charge in [-0.25, -0.2) is 17.2 Å². The van der Waals surface area contributed by atoms with E-state index in [2.05, 4.69) is 10.2 Å². The molecule has 0 atom stereocenters. The van der Waals surface area contributed by atoms with Crippen LogP contribution in [-0.2, 0) is 10.0 Å². The molecule has 4 rings (SSSR count). The lowest BCUT2D eigenvalue weighted by Gasteiger charge is -2.29. The molecule has 0 saturated carbocycles. The monoisotopic (exact) mass is 395 g/mol. The van der Waals surface area contributed by atoms with Gasteiger partial charge in [-0.05, 0) is 43.2 Å². The fourth-order valence-electron chi connectivity index (χ4n) is 3.06. The molecule has 1 aliphatic heterocycles. The van der Waals surface area contributed by atoms with Crippen LogP contribution in [0.25, 0.3) is 11.7 Å². The summed E-state index contributed by atoms with van der Waals surface area (Å²) in [6.07, 6.45) is 2.35. The minimum atomic E-state index is -4.11. The number of furan rings is 1. The van der Waals surface area contributed by atoms with Crippen molar-refractivity contribution in [1.82, 2.24) is 14.5 Å². The Kier molecular flexibility index (Phi) is 4.52. The van der Waals surface area contributed by atoms with E-state index in [-0.39, 0.29) is 24.9 Å². The molecule has 3 heterocycles. The van der Waals surface area contributed by atoms with Crippen LogP contribution in [0.1, 0.15) is 24.7 Å².